The van der Waals surface area contributed by atoms with Gasteiger partial charge < -0.3 is 0 Å². The molecule has 92 valence electrons. The molecule has 0 radical (unpaired) electrons. The highest BCUT2D eigenvalue weighted by Crippen LogP contribution is 2.11. The van der Waals surface area contributed by atoms with Crippen LogP contribution in [0.25, 0.3) is 0 Å². The fraction of sp³-hybridized carbons (Fsp3) is 0.533. The van der Waals surface area contributed by atoms with Crippen LogP contribution in [0.15, 0.2) is 24.3 Å². The maximum atomic E-state index is 8.83. The standard InChI is InChI=1S/C15H22N2/c1-12(2)9-14-5-7-15(8-6-14)11-17(4)13(3)10-16/h5-8,12-13H,9,11H2,1-4H3. The highest BCUT2D eigenvalue weighted by atomic mass is 15.1. The summed E-state index contributed by atoms with van der Waals surface area (Å²) in [6, 6.07) is 10.9. The van der Waals surface area contributed by atoms with Gasteiger partial charge in [0.05, 0.1) is 12.1 Å². The number of hydrogen-bond donors (Lipinski definition) is 0. The number of hydrogen-bond acceptors (Lipinski definition) is 2. The van der Waals surface area contributed by atoms with Crippen molar-refractivity contribution in [1.29, 1.82) is 5.26 Å². The molecule has 1 aromatic carbocycles. The SMILES string of the molecule is CC(C)Cc1ccc(CN(C)C(C)C#N)cc1. The molecule has 1 rings (SSSR count). The summed E-state index contributed by atoms with van der Waals surface area (Å²) in [5.74, 6) is 0.696. The first kappa shape index (κ1) is 13.7. The first-order valence-electron chi connectivity index (χ1n) is 6.20. The van der Waals surface area contributed by atoms with E-state index in [1.807, 2.05) is 14.0 Å². The number of benzene rings is 1. The van der Waals surface area contributed by atoms with Crippen LogP contribution in [-0.2, 0) is 13.0 Å². The van der Waals surface area contributed by atoms with Crippen molar-refractivity contribution >= 4 is 0 Å². The van der Waals surface area contributed by atoms with Crippen LogP contribution in [0, 0.1) is 17.2 Å². The van der Waals surface area contributed by atoms with E-state index in [2.05, 4.69) is 49.1 Å². The predicted molar refractivity (Wildman–Crippen MR) is 71.5 cm³/mol. The molecule has 1 atom stereocenters. The molecule has 0 fully saturated rings. The molecule has 0 aliphatic heterocycles. The molecule has 0 heterocycles. The summed E-state index contributed by atoms with van der Waals surface area (Å²) >= 11 is 0. The molecule has 1 unspecified atom stereocenters. The Morgan fingerprint density at radius 1 is 1.12 bits per heavy atom. The maximum absolute atomic E-state index is 8.83. The van der Waals surface area contributed by atoms with Crippen LogP contribution in [-0.4, -0.2) is 18.0 Å². The second-order valence-electron chi connectivity index (χ2n) is 5.13. The lowest BCUT2D eigenvalue weighted by molar-refractivity contribution is 0.294. The van der Waals surface area contributed by atoms with Gasteiger partial charge in [-0.1, -0.05) is 38.1 Å². The normalized spacial score (nSPS) is 12.8. The molecule has 0 aromatic heterocycles. The lowest BCUT2D eigenvalue weighted by atomic mass is 10.0. The first-order chi connectivity index (χ1) is 8.02. The topological polar surface area (TPSA) is 27.0 Å². The third-order valence-electron chi connectivity index (χ3n) is 2.95. The zero-order valence-electron chi connectivity index (χ0n) is 11.3. The molecule has 0 saturated heterocycles. The van der Waals surface area contributed by atoms with Crippen LogP contribution in [0.5, 0.6) is 0 Å². The van der Waals surface area contributed by atoms with Crippen molar-refractivity contribution in [2.24, 2.45) is 5.92 Å². The first-order valence-corrected chi connectivity index (χ1v) is 6.20. The van der Waals surface area contributed by atoms with E-state index < -0.39 is 0 Å². The molecule has 17 heavy (non-hydrogen) atoms. The largest absolute Gasteiger partial charge is 0.287 e. The molecule has 2 nitrogen and oxygen atoms in total. The molecule has 0 amide bonds. The molecule has 0 aliphatic rings. The van der Waals surface area contributed by atoms with Gasteiger partial charge in [-0.25, -0.2) is 0 Å². The van der Waals surface area contributed by atoms with Gasteiger partial charge in [-0.2, -0.15) is 5.26 Å². The minimum absolute atomic E-state index is 0.0367. The van der Waals surface area contributed by atoms with Crippen molar-refractivity contribution in [2.75, 3.05) is 7.05 Å². The van der Waals surface area contributed by atoms with Crippen LogP contribution in [0.1, 0.15) is 31.9 Å². The van der Waals surface area contributed by atoms with Crippen LogP contribution >= 0.6 is 0 Å². The van der Waals surface area contributed by atoms with Crippen LogP contribution in [0.2, 0.25) is 0 Å². The minimum Gasteiger partial charge on any atom is -0.287 e. The number of rotatable bonds is 5. The van der Waals surface area contributed by atoms with Crippen molar-refractivity contribution in [1.82, 2.24) is 4.90 Å². The van der Waals surface area contributed by atoms with Crippen molar-refractivity contribution < 1.29 is 0 Å². The third kappa shape index (κ3) is 4.58. The fourth-order valence-electron chi connectivity index (χ4n) is 1.78. The number of nitrogens with zero attached hydrogens (tertiary/aromatic N) is 2. The smallest absolute Gasteiger partial charge is 0.0949 e. The van der Waals surface area contributed by atoms with Gasteiger partial charge in [0.25, 0.3) is 0 Å². The van der Waals surface area contributed by atoms with E-state index in [4.69, 9.17) is 5.26 Å². The van der Waals surface area contributed by atoms with Gasteiger partial charge in [-0.15, -0.1) is 0 Å². The lowest BCUT2D eigenvalue weighted by Crippen LogP contribution is -2.26. The van der Waals surface area contributed by atoms with Gasteiger partial charge in [0.15, 0.2) is 0 Å². The lowest BCUT2D eigenvalue weighted by Gasteiger charge is -2.19. The van der Waals surface area contributed by atoms with Gasteiger partial charge >= 0.3 is 0 Å². The Kier molecular flexibility index (Phi) is 5.18. The van der Waals surface area contributed by atoms with Gasteiger partial charge in [0, 0.05) is 6.54 Å². The Labute approximate surface area is 105 Å². The fourth-order valence-corrected chi connectivity index (χ4v) is 1.78. The van der Waals surface area contributed by atoms with E-state index >= 15 is 0 Å². The second kappa shape index (κ2) is 6.42. The van der Waals surface area contributed by atoms with Crippen molar-refractivity contribution in [3.05, 3.63) is 35.4 Å². The molecule has 0 aliphatic carbocycles. The molecule has 0 bridgehead atoms. The zero-order valence-corrected chi connectivity index (χ0v) is 11.3. The summed E-state index contributed by atoms with van der Waals surface area (Å²) in [7, 11) is 1.98. The molecule has 0 N–H and O–H groups in total. The predicted octanol–water partition coefficient (Wildman–Crippen LogP) is 3.23. The summed E-state index contributed by atoms with van der Waals surface area (Å²) in [5.41, 5.74) is 2.65. The van der Waals surface area contributed by atoms with Gasteiger partial charge in [-0.3, -0.25) is 4.90 Å². The van der Waals surface area contributed by atoms with Crippen molar-refractivity contribution in [2.45, 2.75) is 39.8 Å². The van der Waals surface area contributed by atoms with Gasteiger partial charge in [0.1, 0.15) is 0 Å². The quantitative estimate of drug-likeness (QED) is 0.776. The highest BCUT2D eigenvalue weighted by molar-refractivity contribution is 5.23. The summed E-state index contributed by atoms with van der Waals surface area (Å²) in [4.78, 5) is 2.05. The summed E-state index contributed by atoms with van der Waals surface area (Å²) < 4.78 is 0. The summed E-state index contributed by atoms with van der Waals surface area (Å²) in [6.45, 7) is 7.22. The Morgan fingerprint density at radius 2 is 1.65 bits per heavy atom. The summed E-state index contributed by atoms with van der Waals surface area (Å²) in [5, 5.41) is 8.83. The van der Waals surface area contributed by atoms with Crippen LogP contribution < -0.4 is 0 Å². The Morgan fingerprint density at radius 3 is 2.12 bits per heavy atom. The van der Waals surface area contributed by atoms with E-state index in [0.717, 1.165) is 13.0 Å². The second-order valence-corrected chi connectivity index (χ2v) is 5.13. The molecule has 2 heteroatoms. The van der Waals surface area contributed by atoms with Gasteiger partial charge in [0.2, 0.25) is 0 Å². The monoisotopic (exact) mass is 230 g/mol. The minimum atomic E-state index is -0.0367. The average molecular weight is 230 g/mol. The Hall–Kier alpha value is -1.33. The van der Waals surface area contributed by atoms with E-state index in [9.17, 15) is 0 Å². The Bertz CT molecular complexity index is 373. The van der Waals surface area contributed by atoms with Crippen LogP contribution in [0.3, 0.4) is 0 Å². The van der Waals surface area contributed by atoms with E-state index in [0.29, 0.717) is 5.92 Å². The van der Waals surface area contributed by atoms with Crippen LogP contribution in [0.4, 0.5) is 0 Å². The zero-order chi connectivity index (χ0) is 12.8. The van der Waals surface area contributed by atoms with Gasteiger partial charge in [-0.05, 0) is 37.4 Å². The molecule has 1 aromatic rings. The number of nitriles is 1. The average Bonchev–Trinajstić information content (AvgIpc) is 2.30. The third-order valence-corrected chi connectivity index (χ3v) is 2.95. The molecule has 0 saturated carbocycles. The molecule has 0 spiro atoms. The maximum Gasteiger partial charge on any atom is 0.0949 e. The van der Waals surface area contributed by atoms with E-state index in [-0.39, 0.29) is 6.04 Å². The van der Waals surface area contributed by atoms with Crippen molar-refractivity contribution in [3.63, 3.8) is 0 Å². The Balaban J connectivity index is 2.60. The summed E-state index contributed by atoms with van der Waals surface area (Å²) in [6.07, 6.45) is 1.13. The van der Waals surface area contributed by atoms with E-state index in [1.54, 1.807) is 0 Å². The molecular formula is C15H22N2. The van der Waals surface area contributed by atoms with Crippen molar-refractivity contribution in [3.8, 4) is 6.07 Å². The van der Waals surface area contributed by atoms with E-state index in [1.165, 1.54) is 11.1 Å². The molecular weight excluding hydrogens is 208 g/mol. The highest BCUT2D eigenvalue weighted by Gasteiger charge is 2.07.